The standard InChI is InChI=1S/C7H5ClFO/c1-10-7-3-2-5(8)4-6(7)9/h2,4H,1H3. The highest BCUT2D eigenvalue weighted by molar-refractivity contribution is 6.30. The molecule has 0 atom stereocenters. The molecule has 53 valence electrons. The molecule has 0 spiro atoms. The Balaban J connectivity index is 3.07. The third kappa shape index (κ3) is 1.39. The largest absolute Gasteiger partial charge is 0.493 e. The lowest BCUT2D eigenvalue weighted by atomic mass is 10.3. The van der Waals surface area contributed by atoms with Crippen molar-refractivity contribution in [3.63, 3.8) is 0 Å². The van der Waals surface area contributed by atoms with Gasteiger partial charge in [-0.15, -0.1) is 0 Å². The first-order valence-electron chi connectivity index (χ1n) is 2.65. The van der Waals surface area contributed by atoms with E-state index in [0.717, 1.165) is 0 Å². The molecule has 0 aromatic heterocycles. The predicted octanol–water partition coefficient (Wildman–Crippen LogP) is 2.29. The predicted molar refractivity (Wildman–Crippen MR) is 36.8 cm³/mol. The van der Waals surface area contributed by atoms with Crippen molar-refractivity contribution in [2.24, 2.45) is 0 Å². The van der Waals surface area contributed by atoms with Crippen LogP contribution in [0.4, 0.5) is 4.39 Å². The number of benzene rings is 1. The smallest absolute Gasteiger partial charge is 0.167 e. The number of halogens is 2. The van der Waals surface area contributed by atoms with Crippen LogP contribution in [0.5, 0.6) is 5.75 Å². The molecule has 0 amide bonds. The first-order chi connectivity index (χ1) is 4.74. The Morgan fingerprint density at radius 1 is 1.70 bits per heavy atom. The summed E-state index contributed by atoms with van der Waals surface area (Å²) in [6.45, 7) is 0. The highest BCUT2D eigenvalue weighted by Crippen LogP contribution is 2.19. The van der Waals surface area contributed by atoms with Gasteiger partial charge in [-0.25, -0.2) is 4.39 Å². The van der Waals surface area contributed by atoms with Gasteiger partial charge in [0.05, 0.1) is 7.11 Å². The van der Waals surface area contributed by atoms with Crippen LogP contribution in [0.2, 0.25) is 5.02 Å². The minimum Gasteiger partial charge on any atom is -0.493 e. The minimum absolute atomic E-state index is 0.0874. The van der Waals surface area contributed by atoms with Crippen LogP contribution in [0, 0.1) is 11.9 Å². The molecule has 10 heavy (non-hydrogen) atoms. The summed E-state index contributed by atoms with van der Waals surface area (Å²) >= 11 is 5.45. The van der Waals surface area contributed by atoms with Gasteiger partial charge in [-0.05, 0) is 12.1 Å². The number of hydrogen-bond donors (Lipinski definition) is 0. The van der Waals surface area contributed by atoms with Gasteiger partial charge in [0.2, 0.25) is 0 Å². The van der Waals surface area contributed by atoms with E-state index in [4.69, 9.17) is 11.6 Å². The summed E-state index contributed by atoms with van der Waals surface area (Å²) in [4.78, 5) is 0. The van der Waals surface area contributed by atoms with E-state index in [2.05, 4.69) is 10.8 Å². The normalized spacial score (nSPS) is 9.50. The van der Waals surface area contributed by atoms with Crippen molar-refractivity contribution in [3.8, 4) is 5.75 Å². The molecule has 0 bridgehead atoms. The van der Waals surface area contributed by atoms with Gasteiger partial charge in [-0.2, -0.15) is 0 Å². The van der Waals surface area contributed by atoms with Crippen molar-refractivity contribution in [1.82, 2.24) is 0 Å². The van der Waals surface area contributed by atoms with Crippen LogP contribution >= 0.6 is 11.6 Å². The van der Waals surface area contributed by atoms with Crippen molar-refractivity contribution in [2.75, 3.05) is 7.11 Å². The number of methoxy groups -OCH3 is 1. The average Bonchev–Trinajstić information content (AvgIpc) is 1.88. The molecule has 0 aliphatic heterocycles. The van der Waals surface area contributed by atoms with Crippen LogP contribution in [0.15, 0.2) is 12.1 Å². The Hall–Kier alpha value is -0.760. The Morgan fingerprint density at radius 3 is 2.90 bits per heavy atom. The summed E-state index contributed by atoms with van der Waals surface area (Å²) in [5, 5.41) is 0.318. The maximum Gasteiger partial charge on any atom is 0.167 e. The lowest BCUT2D eigenvalue weighted by Crippen LogP contribution is -1.86. The van der Waals surface area contributed by atoms with Crippen LogP contribution < -0.4 is 4.74 Å². The maximum absolute atomic E-state index is 12.6. The second kappa shape index (κ2) is 2.88. The zero-order valence-electron chi connectivity index (χ0n) is 5.32. The second-order valence-corrected chi connectivity index (χ2v) is 2.14. The van der Waals surface area contributed by atoms with E-state index in [1.54, 1.807) is 0 Å². The Kier molecular flexibility index (Phi) is 2.12. The molecule has 1 aromatic carbocycles. The fourth-order valence-corrected chi connectivity index (χ4v) is 0.738. The van der Waals surface area contributed by atoms with Gasteiger partial charge in [-0.1, -0.05) is 11.6 Å². The number of hydrogen-bond acceptors (Lipinski definition) is 1. The van der Waals surface area contributed by atoms with Gasteiger partial charge in [0.25, 0.3) is 0 Å². The quantitative estimate of drug-likeness (QED) is 0.611. The van der Waals surface area contributed by atoms with Crippen molar-refractivity contribution >= 4 is 11.6 Å². The van der Waals surface area contributed by atoms with E-state index in [-0.39, 0.29) is 5.75 Å². The molecule has 3 heteroatoms. The monoisotopic (exact) mass is 159 g/mol. The molecule has 1 aromatic rings. The molecule has 0 heterocycles. The fourth-order valence-electron chi connectivity index (χ4n) is 0.588. The molecule has 0 saturated heterocycles. The summed E-state index contributed by atoms with van der Waals surface area (Å²) in [7, 11) is 1.38. The van der Waals surface area contributed by atoms with Crippen molar-refractivity contribution < 1.29 is 9.13 Å². The molecule has 1 rings (SSSR count). The zero-order valence-corrected chi connectivity index (χ0v) is 6.07. The summed E-state index contributed by atoms with van der Waals surface area (Å²) in [6.07, 6.45) is 0. The van der Waals surface area contributed by atoms with Crippen LogP contribution in [0.3, 0.4) is 0 Å². The van der Waals surface area contributed by atoms with Crippen molar-refractivity contribution in [2.45, 2.75) is 0 Å². The first-order valence-corrected chi connectivity index (χ1v) is 3.02. The summed E-state index contributed by atoms with van der Waals surface area (Å²) in [5.41, 5.74) is 0. The first kappa shape index (κ1) is 7.35. The topological polar surface area (TPSA) is 9.23 Å². The lowest BCUT2D eigenvalue weighted by molar-refractivity contribution is 0.385. The summed E-state index contributed by atoms with van der Waals surface area (Å²) < 4.78 is 17.2. The molecular formula is C7H5ClFO. The molecule has 0 N–H and O–H groups in total. The van der Waals surface area contributed by atoms with Crippen LogP contribution in [-0.2, 0) is 0 Å². The summed E-state index contributed by atoms with van der Waals surface area (Å²) in [5.74, 6) is -0.403. The van der Waals surface area contributed by atoms with Gasteiger partial charge in [-0.3, -0.25) is 0 Å². The number of ether oxygens (including phenoxy) is 1. The fraction of sp³-hybridized carbons (Fsp3) is 0.143. The second-order valence-electron chi connectivity index (χ2n) is 1.70. The molecular weight excluding hydrogens is 155 g/mol. The Morgan fingerprint density at radius 2 is 2.40 bits per heavy atom. The minimum atomic E-state index is -0.491. The van der Waals surface area contributed by atoms with Gasteiger partial charge in [0, 0.05) is 11.1 Å². The molecule has 0 aliphatic carbocycles. The molecule has 0 fully saturated rings. The van der Waals surface area contributed by atoms with Crippen molar-refractivity contribution in [1.29, 1.82) is 0 Å². The highest BCUT2D eigenvalue weighted by Gasteiger charge is 2.00. The molecule has 1 radical (unpaired) electrons. The SMILES string of the molecule is COc1[c]cc(Cl)cc1F. The van der Waals surface area contributed by atoms with Gasteiger partial charge >= 0.3 is 0 Å². The third-order valence-electron chi connectivity index (χ3n) is 1.03. The van der Waals surface area contributed by atoms with Crippen LogP contribution in [-0.4, -0.2) is 7.11 Å². The van der Waals surface area contributed by atoms with E-state index >= 15 is 0 Å². The molecule has 0 unspecified atom stereocenters. The zero-order chi connectivity index (χ0) is 7.56. The Labute approximate surface area is 63.4 Å². The average molecular weight is 160 g/mol. The molecule has 0 aliphatic rings. The van der Waals surface area contributed by atoms with Crippen LogP contribution in [0.25, 0.3) is 0 Å². The van der Waals surface area contributed by atoms with Gasteiger partial charge in [0.15, 0.2) is 11.6 Å². The Bertz CT molecular complexity index is 237. The van der Waals surface area contributed by atoms with Gasteiger partial charge < -0.3 is 4.74 Å². The van der Waals surface area contributed by atoms with E-state index in [1.165, 1.54) is 19.2 Å². The maximum atomic E-state index is 12.6. The molecule has 1 nitrogen and oxygen atoms in total. The molecule has 0 saturated carbocycles. The highest BCUT2D eigenvalue weighted by atomic mass is 35.5. The van der Waals surface area contributed by atoms with Gasteiger partial charge in [0.1, 0.15) is 0 Å². The van der Waals surface area contributed by atoms with E-state index in [9.17, 15) is 4.39 Å². The number of rotatable bonds is 1. The van der Waals surface area contributed by atoms with Crippen LogP contribution in [0.1, 0.15) is 0 Å². The van der Waals surface area contributed by atoms with E-state index < -0.39 is 5.82 Å². The summed E-state index contributed by atoms with van der Waals surface area (Å²) in [6, 6.07) is 5.15. The van der Waals surface area contributed by atoms with E-state index in [1.807, 2.05) is 0 Å². The lowest BCUT2D eigenvalue weighted by Gasteiger charge is -1.98. The van der Waals surface area contributed by atoms with E-state index in [0.29, 0.717) is 5.02 Å². The third-order valence-corrected chi connectivity index (χ3v) is 1.25. The van der Waals surface area contributed by atoms with Crippen molar-refractivity contribution in [3.05, 3.63) is 29.0 Å².